The van der Waals surface area contributed by atoms with Gasteiger partial charge in [0, 0.05) is 25.3 Å². The van der Waals surface area contributed by atoms with Gasteiger partial charge in [-0.2, -0.15) is 0 Å². The molecule has 0 radical (unpaired) electrons. The lowest BCUT2D eigenvalue weighted by Gasteiger charge is -2.32. The topological polar surface area (TPSA) is 15.3 Å². The largest absolute Gasteiger partial charge is 0.374 e. The van der Waals surface area contributed by atoms with Crippen molar-refractivity contribution in [1.29, 1.82) is 0 Å². The van der Waals surface area contributed by atoms with Gasteiger partial charge >= 0.3 is 0 Å². The molecule has 1 aliphatic rings. The van der Waals surface area contributed by atoms with Crippen LogP contribution in [0.1, 0.15) is 30.9 Å². The van der Waals surface area contributed by atoms with Gasteiger partial charge in [0.15, 0.2) is 0 Å². The molecule has 2 atom stereocenters. The average Bonchev–Trinajstić information content (AvgIpc) is 2.27. The van der Waals surface area contributed by atoms with E-state index in [2.05, 4.69) is 56.2 Å². The Hall–Kier alpha value is -1.02. The van der Waals surface area contributed by atoms with E-state index < -0.39 is 0 Å². The van der Waals surface area contributed by atoms with Crippen LogP contribution in [-0.2, 0) is 0 Å². The van der Waals surface area contributed by atoms with Gasteiger partial charge < -0.3 is 10.2 Å². The van der Waals surface area contributed by atoms with E-state index in [1.165, 1.54) is 42.7 Å². The molecular formula is C16H26N2. The zero-order valence-electron chi connectivity index (χ0n) is 12.2. The number of piperidine rings is 1. The molecule has 1 heterocycles. The number of hydrogen-bond acceptors (Lipinski definition) is 2. The highest BCUT2D eigenvalue weighted by molar-refractivity contribution is 5.50. The van der Waals surface area contributed by atoms with Crippen molar-refractivity contribution in [2.45, 2.75) is 39.7 Å². The van der Waals surface area contributed by atoms with Crippen LogP contribution in [0.15, 0.2) is 18.2 Å². The first-order chi connectivity index (χ1) is 8.54. The predicted molar refractivity (Wildman–Crippen MR) is 79.4 cm³/mol. The highest BCUT2D eigenvalue weighted by Crippen LogP contribution is 2.22. The molecule has 0 amide bonds. The normalized spacial score (nSPS) is 24.0. The Morgan fingerprint density at radius 2 is 1.89 bits per heavy atom. The Kier molecular flexibility index (Phi) is 4.28. The molecule has 2 nitrogen and oxygen atoms in total. The van der Waals surface area contributed by atoms with Crippen molar-refractivity contribution in [2.75, 3.05) is 25.0 Å². The maximum Gasteiger partial charge on any atom is 0.0369 e. The molecule has 2 rings (SSSR count). The number of rotatable bonds is 3. The van der Waals surface area contributed by atoms with Gasteiger partial charge in [-0.15, -0.1) is 0 Å². The molecule has 1 aromatic carbocycles. The number of aryl methyl sites for hydroxylation is 2. The Balaban J connectivity index is 2.00. The average molecular weight is 246 g/mol. The first-order valence-electron chi connectivity index (χ1n) is 7.07. The highest BCUT2D eigenvalue weighted by Gasteiger charge is 2.19. The highest BCUT2D eigenvalue weighted by atomic mass is 15.1. The fraction of sp³-hybridized carbons (Fsp3) is 0.625. The monoisotopic (exact) mass is 246 g/mol. The number of hydrogen-bond donors (Lipinski definition) is 1. The molecule has 2 heteroatoms. The molecular weight excluding hydrogens is 220 g/mol. The van der Waals surface area contributed by atoms with E-state index >= 15 is 0 Å². The van der Waals surface area contributed by atoms with Crippen LogP contribution in [-0.4, -0.2) is 26.2 Å². The van der Waals surface area contributed by atoms with Crippen molar-refractivity contribution in [3.8, 4) is 0 Å². The van der Waals surface area contributed by atoms with E-state index in [1.54, 1.807) is 0 Å². The van der Waals surface area contributed by atoms with Gasteiger partial charge in [-0.25, -0.2) is 0 Å². The summed E-state index contributed by atoms with van der Waals surface area (Å²) >= 11 is 0. The lowest BCUT2D eigenvalue weighted by atomic mass is 9.92. The first-order valence-corrected chi connectivity index (χ1v) is 7.07. The summed E-state index contributed by atoms with van der Waals surface area (Å²) in [7, 11) is 2.22. The van der Waals surface area contributed by atoms with E-state index in [4.69, 9.17) is 0 Å². The molecule has 1 fully saturated rings. The van der Waals surface area contributed by atoms with Gasteiger partial charge in [0.2, 0.25) is 0 Å². The number of anilines is 1. The molecule has 1 saturated heterocycles. The molecule has 0 bridgehead atoms. The summed E-state index contributed by atoms with van der Waals surface area (Å²) in [5.41, 5.74) is 4.07. The molecule has 18 heavy (non-hydrogen) atoms. The summed E-state index contributed by atoms with van der Waals surface area (Å²) in [6.07, 6.45) is 2.61. The van der Waals surface area contributed by atoms with Crippen LogP contribution >= 0.6 is 0 Å². The van der Waals surface area contributed by atoms with Crippen LogP contribution in [0.3, 0.4) is 0 Å². The van der Waals surface area contributed by atoms with Crippen molar-refractivity contribution in [3.63, 3.8) is 0 Å². The molecule has 0 aliphatic carbocycles. The van der Waals surface area contributed by atoms with Gasteiger partial charge in [0.1, 0.15) is 0 Å². The fourth-order valence-corrected chi connectivity index (χ4v) is 3.06. The van der Waals surface area contributed by atoms with Crippen molar-refractivity contribution in [2.24, 2.45) is 5.92 Å². The molecule has 100 valence electrons. The second-order valence-corrected chi connectivity index (χ2v) is 5.97. The van der Waals surface area contributed by atoms with E-state index in [0.29, 0.717) is 6.04 Å². The zero-order chi connectivity index (χ0) is 13.1. The molecule has 2 unspecified atom stereocenters. The first kappa shape index (κ1) is 13.4. The Bertz CT molecular complexity index is 380. The maximum absolute atomic E-state index is 3.52. The van der Waals surface area contributed by atoms with Gasteiger partial charge in [-0.05, 0) is 69.3 Å². The van der Waals surface area contributed by atoms with Crippen LogP contribution in [0.5, 0.6) is 0 Å². The van der Waals surface area contributed by atoms with Crippen LogP contribution in [0.25, 0.3) is 0 Å². The Labute approximate surface area is 111 Å². The second-order valence-electron chi connectivity index (χ2n) is 5.97. The number of nitrogens with zero attached hydrogens (tertiary/aromatic N) is 1. The van der Waals surface area contributed by atoms with Crippen LogP contribution < -0.4 is 10.2 Å². The second kappa shape index (κ2) is 5.75. The van der Waals surface area contributed by atoms with E-state index in [1.807, 2.05) is 0 Å². The zero-order valence-corrected chi connectivity index (χ0v) is 12.2. The summed E-state index contributed by atoms with van der Waals surface area (Å²) < 4.78 is 0. The minimum Gasteiger partial charge on any atom is -0.374 e. The molecule has 1 aliphatic heterocycles. The summed E-state index contributed by atoms with van der Waals surface area (Å²) in [5, 5.41) is 3.52. The van der Waals surface area contributed by atoms with E-state index in [0.717, 1.165) is 5.92 Å². The summed E-state index contributed by atoms with van der Waals surface area (Å²) in [5.74, 6) is 0.826. The van der Waals surface area contributed by atoms with Crippen LogP contribution in [0.2, 0.25) is 0 Å². The summed E-state index contributed by atoms with van der Waals surface area (Å²) in [6.45, 7) is 9.00. The van der Waals surface area contributed by atoms with Crippen molar-refractivity contribution in [1.82, 2.24) is 5.32 Å². The Morgan fingerprint density at radius 3 is 2.50 bits per heavy atom. The molecule has 1 aromatic rings. The Morgan fingerprint density at radius 1 is 1.22 bits per heavy atom. The predicted octanol–water partition coefficient (Wildman–Crippen LogP) is 3.13. The lowest BCUT2D eigenvalue weighted by molar-refractivity contribution is 0.319. The van der Waals surface area contributed by atoms with Gasteiger partial charge in [-0.3, -0.25) is 0 Å². The molecule has 0 saturated carbocycles. The molecule has 1 N–H and O–H groups in total. The minimum absolute atomic E-state index is 0.677. The maximum atomic E-state index is 3.52. The molecule has 0 spiro atoms. The van der Waals surface area contributed by atoms with Crippen LogP contribution in [0.4, 0.5) is 5.69 Å². The van der Waals surface area contributed by atoms with Crippen molar-refractivity contribution < 1.29 is 0 Å². The third-order valence-electron chi connectivity index (χ3n) is 3.91. The fourth-order valence-electron chi connectivity index (χ4n) is 3.06. The quantitative estimate of drug-likeness (QED) is 0.881. The summed E-state index contributed by atoms with van der Waals surface area (Å²) in [4.78, 5) is 2.42. The molecule has 0 aromatic heterocycles. The number of benzene rings is 1. The van der Waals surface area contributed by atoms with Gasteiger partial charge in [0.05, 0.1) is 0 Å². The smallest absolute Gasteiger partial charge is 0.0369 e. The number of nitrogens with one attached hydrogen (secondary N) is 1. The SMILES string of the molecule is Cc1cc(C)cc(N(C)CC2CCNC(C)C2)c1. The lowest BCUT2D eigenvalue weighted by Crippen LogP contribution is -2.39. The summed E-state index contributed by atoms with van der Waals surface area (Å²) in [6, 6.07) is 7.50. The van der Waals surface area contributed by atoms with Crippen molar-refractivity contribution >= 4 is 5.69 Å². The minimum atomic E-state index is 0.677. The standard InChI is InChI=1S/C16H26N2/c1-12-7-13(2)9-16(8-12)18(4)11-15-5-6-17-14(3)10-15/h7-9,14-15,17H,5-6,10-11H2,1-4H3. The van der Waals surface area contributed by atoms with E-state index in [-0.39, 0.29) is 0 Å². The van der Waals surface area contributed by atoms with E-state index in [9.17, 15) is 0 Å². The van der Waals surface area contributed by atoms with Gasteiger partial charge in [0.25, 0.3) is 0 Å². The van der Waals surface area contributed by atoms with Crippen molar-refractivity contribution in [3.05, 3.63) is 29.3 Å². The van der Waals surface area contributed by atoms with Gasteiger partial charge in [-0.1, -0.05) is 6.07 Å². The van der Waals surface area contributed by atoms with Crippen LogP contribution in [0, 0.1) is 19.8 Å². The third kappa shape index (κ3) is 3.49. The third-order valence-corrected chi connectivity index (χ3v) is 3.91.